The molecule has 1 atom stereocenters. The van der Waals surface area contributed by atoms with Gasteiger partial charge in [0.1, 0.15) is 17.2 Å². The van der Waals surface area contributed by atoms with Crippen LogP contribution in [0, 0.1) is 0 Å². The maximum atomic E-state index is 12.2. The lowest BCUT2D eigenvalue weighted by atomic mass is 9.96. The minimum absolute atomic E-state index is 0.138. The first kappa shape index (κ1) is 17.8. The fourth-order valence-corrected chi connectivity index (χ4v) is 3.21. The van der Waals surface area contributed by atoms with Crippen molar-refractivity contribution in [2.75, 3.05) is 21.3 Å². The van der Waals surface area contributed by atoms with E-state index in [1.165, 1.54) is 11.9 Å². The van der Waals surface area contributed by atoms with Crippen LogP contribution in [0.3, 0.4) is 0 Å². The minimum Gasteiger partial charge on any atom is -0.497 e. The molecule has 1 heterocycles. The highest BCUT2D eigenvalue weighted by molar-refractivity contribution is 6.03. The molecule has 1 amide bonds. The molecule has 0 aliphatic carbocycles. The summed E-state index contributed by atoms with van der Waals surface area (Å²) in [5, 5.41) is 6.07. The Hall–Kier alpha value is -3.02. The maximum absolute atomic E-state index is 12.2. The average Bonchev–Trinajstić information content (AvgIpc) is 3.12. The van der Waals surface area contributed by atoms with E-state index < -0.39 is 0 Å². The van der Waals surface area contributed by atoms with Crippen molar-refractivity contribution >= 4 is 11.6 Å². The molecule has 0 radical (unpaired) electrons. The summed E-state index contributed by atoms with van der Waals surface area (Å²) in [6.45, 7) is 1.51. The van der Waals surface area contributed by atoms with Crippen LogP contribution in [0.25, 0.3) is 0 Å². The number of amides is 1. The molecule has 0 aromatic heterocycles. The summed E-state index contributed by atoms with van der Waals surface area (Å²) in [5.41, 5.74) is 2.55. The van der Waals surface area contributed by atoms with Crippen molar-refractivity contribution in [3.63, 3.8) is 0 Å². The van der Waals surface area contributed by atoms with Crippen molar-refractivity contribution in [2.24, 2.45) is 5.10 Å². The van der Waals surface area contributed by atoms with Gasteiger partial charge in [0.15, 0.2) is 0 Å². The van der Waals surface area contributed by atoms with Crippen molar-refractivity contribution < 1.29 is 19.0 Å². The highest BCUT2D eigenvalue weighted by Crippen LogP contribution is 2.42. The van der Waals surface area contributed by atoms with Crippen molar-refractivity contribution in [1.29, 1.82) is 0 Å². The average molecular weight is 354 g/mol. The van der Waals surface area contributed by atoms with Gasteiger partial charge in [0, 0.05) is 18.9 Å². The summed E-state index contributed by atoms with van der Waals surface area (Å²) < 4.78 is 16.3. The summed E-state index contributed by atoms with van der Waals surface area (Å²) in [6.07, 6.45) is 0.559. The Morgan fingerprint density at radius 3 is 2.27 bits per heavy atom. The van der Waals surface area contributed by atoms with E-state index in [4.69, 9.17) is 14.2 Å². The van der Waals surface area contributed by atoms with E-state index >= 15 is 0 Å². The topological polar surface area (TPSA) is 60.4 Å². The molecule has 1 aliphatic heterocycles. The summed E-state index contributed by atoms with van der Waals surface area (Å²) in [5.74, 6) is 1.95. The maximum Gasteiger partial charge on any atom is 0.240 e. The lowest BCUT2D eigenvalue weighted by Crippen LogP contribution is -2.25. The number of carbonyl (C=O) groups excluding carboxylic acids is 1. The Balaban J connectivity index is 2.04. The molecule has 2 aromatic carbocycles. The Labute approximate surface area is 153 Å². The number of hydrogen-bond donors (Lipinski definition) is 0. The molecule has 0 N–H and O–H groups in total. The lowest BCUT2D eigenvalue weighted by Gasteiger charge is -2.24. The van der Waals surface area contributed by atoms with Crippen LogP contribution in [0.5, 0.6) is 17.2 Å². The molecule has 2 aromatic rings. The van der Waals surface area contributed by atoms with E-state index in [9.17, 15) is 4.79 Å². The standard InChI is InChI=1S/C20H22N2O4/c1-13(23)22-17(20-18(25-3)9-6-10-19(20)26-4)12-16(21-22)14-7-5-8-15(11-14)24-2/h5-11,17H,12H2,1-4H3/t17-/m0/s1. The van der Waals surface area contributed by atoms with Crippen LogP contribution < -0.4 is 14.2 Å². The number of benzene rings is 2. The van der Waals surface area contributed by atoms with E-state index in [2.05, 4.69) is 5.10 Å². The van der Waals surface area contributed by atoms with E-state index in [0.717, 1.165) is 22.6 Å². The van der Waals surface area contributed by atoms with Gasteiger partial charge >= 0.3 is 0 Å². The predicted molar refractivity (Wildman–Crippen MR) is 99.0 cm³/mol. The molecular formula is C20H22N2O4. The van der Waals surface area contributed by atoms with Crippen LogP contribution in [-0.2, 0) is 4.79 Å². The van der Waals surface area contributed by atoms with E-state index in [1.807, 2.05) is 42.5 Å². The Morgan fingerprint density at radius 1 is 1.04 bits per heavy atom. The molecule has 0 spiro atoms. The number of nitrogens with zero attached hydrogens (tertiary/aromatic N) is 2. The van der Waals surface area contributed by atoms with Gasteiger partial charge in [-0.3, -0.25) is 4.79 Å². The van der Waals surface area contributed by atoms with E-state index in [0.29, 0.717) is 17.9 Å². The third-order valence-corrected chi connectivity index (χ3v) is 4.44. The van der Waals surface area contributed by atoms with Crippen LogP contribution >= 0.6 is 0 Å². The van der Waals surface area contributed by atoms with Gasteiger partial charge in [0.25, 0.3) is 0 Å². The SMILES string of the molecule is COc1cccc(C2=NN(C(C)=O)[C@H](c3c(OC)cccc3OC)C2)c1. The first-order valence-electron chi connectivity index (χ1n) is 8.31. The van der Waals surface area contributed by atoms with Crippen LogP contribution in [0.15, 0.2) is 47.6 Å². The highest BCUT2D eigenvalue weighted by Gasteiger charge is 2.35. The van der Waals surface area contributed by atoms with Gasteiger partial charge in [-0.2, -0.15) is 5.10 Å². The number of ether oxygens (including phenoxy) is 3. The lowest BCUT2D eigenvalue weighted by molar-refractivity contribution is -0.130. The third kappa shape index (κ3) is 3.22. The van der Waals surface area contributed by atoms with E-state index in [1.54, 1.807) is 21.3 Å². The predicted octanol–water partition coefficient (Wildman–Crippen LogP) is 3.41. The van der Waals surface area contributed by atoms with Gasteiger partial charge in [-0.25, -0.2) is 5.01 Å². The number of carbonyl (C=O) groups is 1. The Morgan fingerprint density at radius 2 is 1.69 bits per heavy atom. The van der Waals surface area contributed by atoms with Crippen molar-refractivity contribution in [1.82, 2.24) is 5.01 Å². The highest BCUT2D eigenvalue weighted by atomic mass is 16.5. The molecule has 0 fully saturated rings. The molecule has 6 heteroatoms. The summed E-state index contributed by atoms with van der Waals surface area (Å²) >= 11 is 0. The number of hydrazone groups is 1. The third-order valence-electron chi connectivity index (χ3n) is 4.44. The van der Waals surface area contributed by atoms with Gasteiger partial charge in [-0.05, 0) is 24.3 Å². The normalized spacial score (nSPS) is 16.2. The first-order chi connectivity index (χ1) is 12.6. The van der Waals surface area contributed by atoms with Gasteiger partial charge in [-0.1, -0.05) is 18.2 Å². The van der Waals surface area contributed by atoms with Gasteiger partial charge < -0.3 is 14.2 Å². The Bertz CT molecular complexity index is 825. The Kier molecular flexibility index (Phi) is 5.11. The largest absolute Gasteiger partial charge is 0.497 e. The minimum atomic E-state index is -0.292. The van der Waals surface area contributed by atoms with Crippen molar-refractivity contribution in [2.45, 2.75) is 19.4 Å². The van der Waals surface area contributed by atoms with Crippen LogP contribution in [-0.4, -0.2) is 38.0 Å². The second kappa shape index (κ2) is 7.47. The molecule has 26 heavy (non-hydrogen) atoms. The summed E-state index contributed by atoms with van der Waals surface area (Å²) in [4.78, 5) is 12.2. The quantitative estimate of drug-likeness (QED) is 0.826. The molecule has 0 unspecified atom stereocenters. The molecule has 0 saturated carbocycles. The van der Waals surface area contributed by atoms with Gasteiger partial charge in [0.2, 0.25) is 5.91 Å². The fraction of sp³-hybridized carbons (Fsp3) is 0.300. The smallest absolute Gasteiger partial charge is 0.240 e. The van der Waals surface area contributed by atoms with E-state index in [-0.39, 0.29) is 11.9 Å². The second-order valence-electron chi connectivity index (χ2n) is 5.94. The van der Waals surface area contributed by atoms with Gasteiger partial charge in [0.05, 0.1) is 38.6 Å². The number of hydrogen-bond acceptors (Lipinski definition) is 5. The van der Waals surface area contributed by atoms with Crippen molar-refractivity contribution in [3.05, 3.63) is 53.6 Å². The monoisotopic (exact) mass is 354 g/mol. The second-order valence-corrected chi connectivity index (χ2v) is 5.94. The number of methoxy groups -OCH3 is 3. The van der Waals surface area contributed by atoms with Crippen LogP contribution in [0.4, 0.5) is 0 Å². The molecule has 6 nitrogen and oxygen atoms in total. The summed E-state index contributed by atoms with van der Waals surface area (Å²) in [7, 11) is 4.84. The van der Waals surface area contributed by atoms with Gasteiger partial charge in [-0.15, -0.1) is 0 Å². The molecule has 0 bridgehead atoms. The molecule has 3 rings (SSSR count). The fourth-order valence-electron chi connectivity index (χ4n) is 3.21. The van der Waals surface area contributed by atoms with Crippen LogP contribution in [0.1, 0.15) is 30.5 Å². The van der Waals surface area contributed by atoms with Crippen LogP contribution in [0.2, 0.25) is 0 Å². The molecular weight excluding hydrogens is 332 g/mol. The summed E-state index contributed by atoms with van der Waals surface area (Å²) in [6, 6.07) is 13.0. The van der Waals surface area contributed by atoms with Crippen molar-refractivity contribution in [3.8, 4) is 17.2 Å². The molecule has 136 valence electrons. The molecule has 0 saturated heterocycles. The zero-order valence-electron chi connectivity index (χ0n) is 15.4. The first-order valence-corrected chi connectivity index (χ1v) is 8.31. The molecule has 1 aliphatic rings. The zero-order valence-corrected chi connectivity index (χ0v) is 15.4. The zero-order chi connectivity index (χ0) is 18.7. The number of rotatable bonds is 5.